The highest BCUT2D eigenvalue weighted by Crippen LogP contribution is 2.29. The smallest absolute Gasteiger partial charge is 0.199 e. The van der Waals surface area contributed by atoms with E-state index in [2.05, 4.69) is 50.5 Å². The lowest BCUT2D eigenvalue weighted by atomic mass is 10.2. The van der Waals surface area contributed by atoms with Gasteiger partial charge in [0, 0.05) is 6.04 Å². The van der Waals surface area contributed by atoms with Crippen LogP contribution in [0.25, 0.3) is 22.6 Å². The van der Waals surface area contributed by atoms with Crippen LogP contribution < -0.4 is 5.73 Å². The van der Waals surface area contributed by atoms with Gasteiger partial charge in [0.15, 0.2) is 17.3 Å². The molecule has 0 unspecified atom stereocenters. The fraction of sp³-hybridized carbons (Fsp3) is 0.308. The van der Waals surface area contributed by atoms with Gasteiger partial charge in [-0.3, -0.25) is 0 Å². The van der Waals surface area contributed by atoms with Gasteiger partial charge >= 0.3 is 0 Å². The number of hydrogen-bond donors (Lipinski definition) is 1. The molecule has 0 saturated heterocycles. The third-order valence-corrected chi connectivity index (χ3v) is 3.09. The van der Waals surface area contributed by atoms with Crippen LogP contribution in [0.2, 0.25) is 0 Å². The average molecular weight is 257 g/mol. The number of nitrogen functional groups attached to an aromatic ring is 1. The molecule has 0 spiro atoms. The lowest BCUT2D eigenvalue weighted by Gasteiger charge is -2.11. The normalized spacial score (nSPS) is 11.6. The van der Waals surface area contributed by atoms with Crippen molar-refractivity contribution in [1.29, 1.82) is 0 Å². The van der Waals surface area contributed by atoms with E-state index in [1.807, 2.05) is 13.0 Å². The highest BCUT2D eigenvalue weighted by atomic mass is 16.6. The molecule has 0 atom stereocenters. The van der Waals surface area contributed by atoms with Crippen molar-refractivity contribution < 1.29 is 4.63 Å². The van der Waals surface area contributed by atoms with Crippen molar-refractivity contribution in [3.63, 3.8) is 0 Å². The molecule has 0 aliphatic rings. The minimum atomic E-state index is 0.235. The summed E-state index contributed by atoms with van der Waals surface area (Å²) in [4.78, 5) is 4.62. The summed E-state index contributed by atoms with van der Waals surface area (Å²) < 4.78 is 6.76. The van der Waals surface area contributed by atoms with E-state index in [0.717, 1.165) is 11.0 Å². The highest BCUT2D eigenvalue weighted by molar-refractivity contribution is 5.82. The number of benzene rings is 1. The van der Waals surface area contributed by atoms with Gasteiger partial charge in [-0.2, -0.15) is 0 Å². The Hall–Kier alpha value is -2.37. The van der Waals surface area contributed by atoms with E-state index in [1.54, 1.807) is 0 Å². The Balaban J connectivity index is 2.35. The summed E-state index contributed by atoms with van der Waals surface area (Å²) in [5.74, 6) is 0.947. The van der Waals surface area contributed by atoms with Gasteiger partial charge in [-0.1, -0.05) is 6.07 Å². The molecule has 0 bridgehead atoms. The van der Waals surface area contributed by atoms with Gasteiger partial charge in [0.1, 0.15) is 0 Å². The van der Waals surface area contributed by atoms with Crippen LogP contribution in [0.5, 0.6) is 0 Å². The number of aryl methyl sites for hydroxylation is 1. The third-order valence-electron chi connectivity index (χ3n) is 3.09. The zero-order valence-electron chi connectivity index (χ0n) is 11.1. The van der Waals surface area contributed by atoms with Crippen LogP contribution in [0.1, 0.15) is 25.5 Å². The van der Waals surface area contributed by atoms with E-state index in [1.165, 1.54) is 5.56 Å². The van der Waals surface area contributed by atoms with Crippen LogP contribution in [0, 0.1) is 6.92 Å². The fourth-order valence-electron chi connectivity index (χ4n) is 2.25. The van der Waals surface area contributed by atoms with E-state index in [0.29, 0.717) is 11.5 Å². The Morgan fingerprint density at radius 3 is 2.68 bits per heavy atom. The van der Waals surface area contributed by atoms with E-state index >= 15 is 0 Å². The van der Waals surface area contributed by atoms with Crippen molar-refractivity contribution in [2.45, 2.75) is 26.8 Å². The Kier molecular flexibility index (Phi) is 2.51. The first kappa shape index (κ1) is 11.7. The van der Waals surface area contributed by atoms with Gasteiger partial charge in [-0.05, 0) is 48.8 Å². The van der Waals surface area contributed by atoms with Gasteiger partial charge in [0.05, 0.1) is 11.0 Å². The summed E-state index contributed by atoms with van der Waals surface area (Å²) in [6.07, 6.45) is 0. The second-order valence-corrected chi connectivity index (χ2v) is 4.89. The lowest BCUT2D eigenvalue weighted by Crippen LogP contribution is -2.04. The fourth-order valence-corrected chi connectivity index (χ4v) is 2.25. The summed E-state index contributed by atoms with van der Waals surface area (Å²) in [6, 6.07) is 6.41. The van der Waals surface area contributed by atoms with Crippen molar-refractivity contribution in [2.24, 2.45) is 0 Å². The molecule has 0 amide bonds. The molecule has 19 heavy (non-hydrogen) atoms. The quantitative estimate of drug-likeness (QED) is 0.762. The number of anilines is 1. The van der Waals surface area contributed by atoms with E-state index < -0.39 is 0 Å². The molecule has 1 aromatic carbocycles. The van der Waals surface area contributed by atoms with Crippen molar-refractivity contribution in [3.05, 3.63) is 23.8 Å². The number of fused-ring (bicyclic) bond motifs is 1. The molecular weight excluding hydrogens is 242 g/mol. The maximum absolute atomic E-state index is 5.77. The second kappa shape index (κ2) is 4.08. The van der Waals surface area contributed by atoms with E-state index in [4.69, 9.17) is 5.73 Å². The van der Waals surface area contributed by atoms with Gasteiger partial charge in [0.2, 0.25) is 0 Å². The third kappa shape index (κ3) is 1.76. The number of hydrogen-bond acceptors (Lipinski definition) is 5. The maximum atomic E-state index is 5.77. The average Bonchev–Trinajstić information content (AvgIpc) is 2.91. The predicted molar refractivity (Wildman–Crippen MR) is 72.6 cm³/mol. The summed E-state index contributed by atoms with van der Waals surface area (Å²) in [5, 5.41) is 7.47. The van der Waals surface area contributed by atoms with Crippen LogP contribution in [0.15, 0.2) is 22.8 Å². The van der Waals surface area contributed by atoms with Crippen LogP contribution >= 0.6 is 0 Å². The largest absolute Gasteiger partial charge is 0.379 e. The topological polar surface area (TPSA) is 82.8 Å². The number of imidazole rings is 1. The second-order valence-electron chi connectivity index (χ2n) is 4.89. The van der Waals surface area contributed by atoms with E-state index in [-0.39, 0.29) is 11.9 Å². The van der Waals surface area contributed by atoms with Crippen LogP contribution in [0.4, 0.5) is 5.82 Å². The number of nitrogens with two attached hydrogens (primary N) is 1. The van der Waals surface area contributed by atoms with Crippen molar-refractivity contribution in [2.75, 3.05) is 5.73 Å². The SMILES string of the molecule is Cc1ccc2c(c1)nc(-c1nonc1N)n2C(C)C. The van der Waals surface area contributed by atoms with Crippen molar-refractivity contribution in [3.8, 4) is 11.5 Å². The van der Waals surface area contributed by atoms with Crippen molar-refractivity contribution in [1.82, 2.24) is 19.9 Å². The molecule has 2 N–H and O–H groups in total. The molecule has 6 nitrogen and oxygen atoms in total. The van der Waals surface area contributed by atoms with Crippen molar-refractivity contribution >= 4 is 16.9 Å². The minimum Gasteiger partial charge on any atom is -0.379 e. The molecule has 3 aromatic rings. The van der Waals surface area contributed by atoms with Gasteiger partial charge in [0.25, 0.3) is 0 Å². The lowest BCUT2D eigenvalue weighted by molar-refractivity contribution is 0.310. The van der Waals surface area contributed by atoms with Gasteiger partial charge < -0.3 is 10.3 Å². The first-order chi connectivity index (χ1) is 9.08. The van der Waals surface area contributed by atoms with Gasteiger partial charge in [-0.25, -0.2) is 9.61 Å². The van der Waals surface area contributed by atoms with Gasteiger partial charge in [-0.15, -0.1) is 0 Å². The molecule has 0 aliphatic heterocycles. The molecule has 2 heterocycles. The maximum Gasteiger partial charge on any atom is 0.199 e. The molecule has 0 aliphatic carbocycles. The molecule has 3 rings (SSSR count). The summed E-state index contributed by atoms with van der Waals surface area (Å²) in [7, 11) is 0. The Labute approximate surface area is 110 Å². The van der Waals surface area contributed by atoms with Crippen LogP contribution in [-0.2, 0) is 0 Å². The molecule has 0 saturated carbocycles. The number of nitrogens with zero attached hydrogens (tertiary/aromatic N) is 4. The Morgan fingerprint density at radius 1 is 1.26 bits per heavy atom. The minimum absolute atomic E-state index is 0.235. The first-order valence-electron chi connectivity index (χ1n) is 6.15. The molecule has 98 valence electrons. The monoisotopic (exact) mass is 257 g/mol. The predicted octanol–water partition coefficient (Wildman–Crippen LogP) is 2.56. The standard InChI is InChI=1S/C13H15N5O/c1-7(2)18-10-5-4-8(3)6-9(10)15-13(18)11-12(14)17-19-16-11/h4-7H,1-3H3,(H2,14,17). The van der Waals surface area contributed by atoms with E-state index in [9.17, 15) is 0 Å². The Morgan fingerprint density at radius 2 is 2.05 bits per heavy atom. The molecule has 0 radical (unpaired) electrons. The zero-order valence-corrected chi connectivity index (χ0v) is 11.1. The zero-order chi connectivity index (χ0) is 13.6. The molecule has 0 fully saturated rings. The number of aromatic nitrogens is 4. The summed E-state index contributed by atoms with van der Waals surface area (Å²) in [6.45, 7) is 6.22. The highest BCUT2D eigenvalue weighted by Gasteiger charge is 2.20. The molecule has 6 heteroatoms. The molecule has 2 aromatic heterocycles. The first-order valence-corrected chi connectivity index (χ1v) is 6.15. The van der Waals surface area contributed by atoms with Crippen LogP contribution in [-0.4, -0.2) is 19.9 Å². The van der Waals surface area contributed by atoms with Crippen LogP contribution in [0.3, 0.4) is 0 Å². The molecular formula is C13H15N5O. The number of rotatable bonds is 2. The Bertz CT molecular complexity index is 741. The summed E-state index contributed by atoms with van der Waals surface area (Å²) >= 11 is 0. The summed E-state index contributed by atoms with van der Waals surface area (Å²) in [5.41, 5.74) is 9.40.